The van der Waals surface area contributed by atoms with Crippen LogP contribution in [0.15, 0.2) is 12.1 Å². The fourth-order valence-electron chi connectivity index (χ4n) is 3.25. The van der Waals surface area contributed by atoms with E-state index in [4.69, 9.17) is 19.2 Å². The van der Waals surface area contributed by atoms with Gasteiger partial charge in [0, 0.05) is 51.3 Å². The predicted molar refractivity (Wildman–Crippen MR) is 97.7 cm³/mol. The summed E-state index contributed by atoms with van der Waals surface area (Å²) >= 11 is 0. The van der Waals surface area contributed by atoms with Gasteiger partial charge in [0.05, 0.1) is 38.5 Å². The van der Waals surface area contributed by atoms with E-state index in [0.29, 0.717) is 5.75 Å². The predicted octanol–water partition coefficient (Wildman–Crippen LogP) is 1.15. The fraction of sp³-hybridized carbons (Fsp3) is 0.611. The maximum atomic E-state index is 5.48. The van der Waals surface area contributed by atoms with Crippen LogP contribution in [-0.2, 0) is 17.7 Å². The normalized spacial score (nSPS) is 15.6. The lowest BCUT2D eigenvalue weighted by atomic mass is 10.2. The molecule has 0 amide bonds. The Bertz CT molecular complexity index is 695. The van der Waals surface area contributed by atoms with Gasteiger partial charge in [-0.2, -0.15) is 0 Å². The monoisotopic (exact) mass is 348 g/mol. The van der Waals surface area contributed by atoms with E-state index < -0.39 is 0 Å². The number of imidazole rings is 1. The Labute approximate surface area is 148 Å². The highest BCUT2D eigenvalue weighted by Crippen LogP contribution is 2.32. The molecule has 138 valence electrons. The molecule has 0 radical (unpaired) electrons. The fourth-order valence-corrected chi connectivity index (χ4v) is 3.25. The first-order chi connectivity index (χ1) is 12.3. The molecule has 7 heteroatoms. The van der Waals surface area contributed by atoms with Crippen molar-refractivity contribution >= 4 is 11.0 Å². The SMILES string of the molecule is CNCCc1nc2cc(OC)c(OC)cc2n1CCN1CCOCC1. The Balaban J connectivity index is 1.90. The topological polar surface area (TPSA) is 60.8 Å². The van der Waals surface area contributed by atoms with Crippen LogP contribution in [0.3, 0.4) is 0 Å². The van der Waals surface area contributed by atoms with Crippen molar-refractivity contribution in [2.24, 2.45) is 0 Å². The highest BCUT2D eigenvalue weighted by atomic mass is 16.5. The van der Waals surface area contributed by atoms with Gasteiger partial charge in [0.2, 0.25) is 0 Å². The van der Waals surface area contributed by atoms with Gasteiger partial charge in [-0.05, 0) is 7.05 Å². The molecule has 2 heterocycles. The molecule has 7 nitrogen and oxygen atoms in total. The third-order valence-corrected chi connectivity index (χ3v) is 4.67. The zero-order chi connectivity index (χ0) is 17.6. The molecule has 1 saturated heterocycles. The molecule has 1 aliphatic rings. The standard InChI is InChI=1S/C18H28N4O3/c1-19-5-4-18-20-14-12-16(23-2)17(24-3)13-15(14)22(18)7-6-21-8-10-25-11-9-21/h12-13,19H,4-11H2,1-3H3. The maximum Gasteiger partial charge on any atom is 0.163 e. The van der Waals surface area contributed by atoms with Crippen molar-refractivity contribution in [3.05, 3.63) is 18.0 Å². The highest BCUT2D eigenvalue weighted by molar-refractivity contribution is 5.80. The highest BCUT2D eigenvalue weighted by Gasteiger charge is 2.16. The summed E-state index contributed by atoms with van der Waals surface area (Å²) in [5.41, 5.74) is 2.04. The minimum atomic E-state index is 0.716. The van der Waals surface area contributed by atoms with Crippen LogP contribution in [0.1, 0.15) is 5.82 Å². The molecule has 1 N–H and O–H groups in total. The third-order valence-electron chi connectivity index (χ3n) is 4.67. The van der Waals surface area contributed by atoms with Crippen molar-refractivity contribution in [1.29, 1.82) is 0 Å². The van der Waals surface area contributed by atoms with E-state index in [2.05, 4.69) is 14.8 Å². The number of rotatable bonds is 8. The molecule has 1 aliphatic heterocycles. The van der Waals surface area contributed by atoms with Crippen LogP contribution in [0.2, 0.25) is 0 Å². The van der Waals surface area contributed by atoms with Crippen molar-refractivity contribution in [3.63, 3.8) is 0 Å². The second-order valence-electron chi connectivity index (χ2n) is 6.18. The summed E-state index contributed by atoms with van der Waals surface area (Å²) in [4.78, 5) is 7.28. The molecule has 25 heavy (non-hydrogen) atoms. The van der Waals surface area contributed by atoms with Crippen LogP contribution in [-0.4, -0.2) is 75.1 Å². The molecule has 0 bridgehead atoms. The van der Waals surface area contributed by atoms with Gasteiger partial charge in [0.25, 0.3) is 0 Å². The van der Waals surface area contributed by atoms with Crippen molar-refractivity contribution in [2.45, 2.75) is 13.0 Å². The van der Waals surface area contributed by atoms with E-state index in [-0.39, 0.29) is 0 Å². The van der Waals surface area contributed by atoms with Gasteiger partial charge in [-0.25, -0.2) is 4.98 Å². The number of nitrogens with one attached hydrogen (secondary N) is 1. The molecule has 1 aromatic carbocycles. The summed E-state index contributed by atoms with van der Waals surface area (Å²) in [6, 6.07) is 3.99. The second-order valence-corrected chi connectivity index (χ2v) is 6.18. The van der Waals surface area contributed by atoms with E-state index >= 15 is 0 Å². The molecular weight excluding hydrogens is 320 g/mol. The Hall–Kier alpha value is -1.83. The first-order valence-corrected chi connectivity index (χ1v) is 8.82. The molecule has 0 saturated carbocycles. The number of likely N-dealkylation sites (N-methyl/N-ethyl adjacent to an activating group) is 1. The summed E-state index contributed by atoms with van der Waals surface area (Å²) in [5.74, 6) is 2.55. The lowest BCUT2D eigenvalue weighted by Crippen LogP contribution is -2.38. The van der Waals surface area contributed by atoms with Crippen molar-refractivity contribution in [3.8, 4) is 11.5 Å². The van der Waals surface area contributed by atoms with Gasteiger partial charge >= 0.3 is 0 Å². The van der Waals surface area contributed by atoms with Gasteiger partial charge in [-0.3, -0.25) is 4.90 Å². The Kier molecular flexibility index (Phi) is 6.12. The second kappa shape index (κ2) is 8.51. The zero-order valence-electron chi connectivity index (χ0n) is 15.4. The van der Waals surface area contributed by atoms with Gasteiger partial charge in [0.1, 0.15) is 5.82 Å². The minimum absolute atomic E-state index is 0.716. The van der Waals surface area contributed by atoms with Gasteiger partial charge in [-0.15, -0.1) is 0 Å². The molecule has 0 unspecified atom stereocenters. The number of nitrogens with zero attached hydrogens (tertiary/aromatic N) is 3. The van der Waals surface area contributed by atoms with Crippen molar-refractivity contribution in [2.75, 3.05) is 60.7 Å². The van der Waals surface area contributed by atoms with E-state index in [1.165, 1.54) is 0 Å². The van der Waals surface area contributed by atoms with Crippen molar-refractivity contribution in [1.82, 2.24) is 19.8 Å². The first kappa shape index (κ1) is 18.0. The number of aromatic nitrogens is 2. The average Bonchev–Trinajstić information content (AvgIpc) is 3.00. The van der Waals surface area contributed by atoms with Crippen LogP contribution in [0.4, 0.5) is 0 Å². The lowest BCUT2D eigenvalue weighted by molar-refractivity contribution is 0.0364. The lowest BCUT2D eigenvalue weighted by Gasteiger charge is -2.27. The van der Waals surface area contributed by atoms with Gasteiger partial charge in [0.15, 0.2) is 11.5 Å². The molecular formula is C18H28N4O3. The molecule has 3 rings (SSSR count). The molecule has 2 aromatic rings. The molecule has 1 aromatic heterocycles. The number of morpholine rings is 1. The van der Waals surface area contributed by atoms with Crippen LogP contribution in [0, 0.1) is 0 Å². The Morgan fingerprint density at radius 3 is 2.52 bits per heavy atom. The quantitative estimate of drug-likeness (QED) is 0.772. The maximum absolute atomic E-state index is 5.48. The van der Waals surface area contributed by atoms with E-state index in [1.54, 1.807) is 14.2 Å². The zero-order valence-corrected chi connectivity index (χ0v) is 15.4. The summed E-state index contributed by atoms with van der Waals surface area (Å²) in [6.07, 6.45) is 0.888. The summed E-state index contributed by atoms with van der Waals surface area (Å²) in [5, 5.41) is 3.21. The summed E-state index contributed by atoms with van der Waals surface area (Å²) in [7, 11) is 5.29. The van der Waals surface area contributed by atoms with E-state index in [1.807, 2.05) is 19.2 Å². The first-order valence-electron chi connectivity index (χ1n) is 8.82. The van der Waals surface area contributed by atoms with Gasteiger partial charge < -0.3 is 24.1 Å². The number of methoxy groups -OCH3 is 2. The summed E-state index contributed by atoms with van der Waals surface area (Å²) < 4.78 is 18.6. The molecule has 1 fully saturated rings. The van der Waals surface area contributed by atoms with Crippen LogP contribution < -0.4 is 14.8 Å². The van der Waals surface area contributed by atoms with Crippen molar-refractivity contribution < 1.29 is 14.2 Å². The number of fused-ring (bicyclic) bond motifs is 1. The average molecular weight is 348 g/mol. The van der Waals surface area contributed by atoms with Gasteiger partial charge in [-0.1, -0.05) is 0 Å². The number of hydrogen-bond acceptors (Lipinski definition) is 6. The summed E-state index contributed by atoms with van der Waals surface area (Å²) in [6.45, 7) is 6.44. The number of benzene rings is 1. The largest absolute Gasteiger partial charge is 0.493 e. The number of ether oxygens (including phenoxy) is 3. The molecule has 0 aliphatic carbocycles. The molecule has 0 atom stereocenters. The smallest absolute Gasteiger partial charge is 0.163 e. The van der Waals surface area contributed by atoms with Crippen LogP contribution in [0.25, 0.3) is 11.0 Å². The van der Waals surface area contributed by atoms with Crippen LogP contribution >= 0.6 is 0 Å². The Morgan fingerprint density at radius 2 is 1.84 bits per heavy atom. The minimum Gasteiger partial charge on any atom is -0.493 e. The van der Waals surface area contributed by atoms with Crippen LogP contribution in [0.5, 0.6) is 11.5 Å². The molecule has 0 spiro atoms. The van der Waals surface area contributed by atoms with E-state index in [9.17, 15) is 0 Å². The third kappa shape index (κ3) is 4.05. The number of hydrogen-bond donors (Lipinski definition) is 1. The Morgan fingerprint density at radius 1 is 1.12 bits per heavy atom. The van der Waals surface area contributed by atoms with E-state index in [0.717, 1.165) is 75.0 Å².